The third-order valence-corrected chi connectivity index (χ3v) is 22.0. The summed E-state index contributed by atoms with van der Waals surface area (Å²) in [7, 11) is 0. The van der Waals surface area contributed by atoms with E-state index in [1.54, 1.807) is 0 Å². The molecule has 0 saturated carbocycles. The number of carbonyl (C=O) groups is 3. The van der Waals surface area contributed by atoms with Gasteiger partial charge in [0.25, 0.3) is 0 Å². The summed E-state index contributed by atoms with van der Waals surface area (Å²) in [6, 6.07) is -6.08. The number of amides is 3. The molecular weight excluding hydrogens is 1620 g/mol. The third-order valence-electron chi connectivity index (χ3n) is 22.0. The van der Waals surface area contributed by atoms with Crippen LogP contribution in [-0.2, 0) is 104 Å². The molecule has 52 heteroatoms. The van der Waals surface area contributed by atoms with Gasteiger partial charge in [-0.1, -0.05) is 0 Å². The lowest BCUT2D eigenvalue weighted by Gasteiger charge is -2.51. The predicted octanol–water partition coefficient (Wildman–Crippen LogP) is -20.3. The molecule has 0 bridgehead atoms. The van der Waals surface area contributed by atoms with Crippen molar-refractivity contribution in [1.29, 1.82) is 0 Å². The first-order valence-electron chi connectivity index (χ1n) is 37.9. The molecule has 0 unspecified atom stereocenters. The van der Waals surface area contributed by atoms with Crippen LogP contribution >= 0.6 is 0 Å². The highest BCUT2D eigenvalue weighted by molar-refractivity contribution is 5.74. The second kappa shape index (κ2) is 41.8. The summed E-state index contributed by atoms with van der Waals surface area (Å²) < 4.78 is 113. The number of aliphatic hydroxyl groups excluding tert-OH is 27. The molecule has 684 valence electrons. The SMILES string of the molecule is CC(=O)N[C@H]1[C@H](OC[C@H]2O[C@@H](O[C@H]3[C@H](O)[C@@H](CO)O[C@@H](O[C@H]4[C@@H](O)[C@@H](CO)O[C@@H](O[C@H]5[C@H](O)[C@@H](O)[C@H](O)O[C@@H]5CO)[C@@H]4O)[C@@H]3NC(C)=O)[C@H](O)[C@@H](O[C@@H]3O[C@H](CO)[C@@H](O)[C@H](O[C@@H]4O[C@H](CO)[C@H](O)[C@H](O)[C@H]4O[C@@H]4O[C@@H](C)[C@@H](O)[C@@H](O)[C@@H]4O)[C@H]3NC(C)=O)[C@H]2O)O[C@H](CO)[C@@H](O[C@@H]2O[C@H](CO)[C@H](O)[C@H](O)[C@H]2O[C@@H]2O[C@@H](C)[C@@H](O)[C@@H](O)[C@@H]2O)[C@@H]1O. The van der Waals surface area contributed by atoms with E-state index in [9.17, 15) is 152 Å². The van der Waals surface area contributed by atoms with Gasteiger partial charge in [-0.15, -0.1) is 0 Å². The quantitative estimate of drug-likeness (QED) is 0.0331. The minimum atomic E-state index is -2.61. The maximum Gasteiger partial charge on any atom is 0.217 e. The molecular formula is C66H111N3O49. The number of ether oxygens (including phenoxy) is 19. The minimum Gasteiger partial charge on any atom is -0.394 e. The smallest absolute Gasteiger partial charge is 0.217 e. The number of aliphatic hydroxyl groups is 27. The van der Waals surface area contributed by atoms with E-state index in [1.165, 1.54) is 13.8 Å². The largest absolute Gasteiger partial charge is 0.394 e. The first kappa shape index (κ1) is 96.8. The van der Waals surface area contributed by atoms with E-state index in [-0.39, 0.29) is 0 Å². The fraction of sp³-hybridized carbons (Fsp3) is 0.955. The molecule has 10 aliphatic rings. The van der Waals surface area contributed by atoms with Gasteiger partial charge in [-0.05, 0) is 13.8 Å². The lowest BCUT2D eigenvalue weighted by Crippen LogP contribution is -2.71. The Bertz CT molecular complexity index is 3140. The monoisotopic (exact) mass is 1730 g/mol. The Hall–Kier alpha value is -3.43. The van der Waals surface area contributed by atoms with E-state index in [0.29, 0.717) is 0 Å². The van der Waals surface area contributed by atoms with Gasteiger partial charge in [0, 0.05) is 20.8 Å². The molecule has 3 amide bonds. The van der Waals surface area contributed by atoms with E-state index < -0.39 is 377 Å². The molecule has 30 N–H and O–H groups in total. The van der Waals surface area contributed by atoms with Crippen molar-refractivity contribution >= 4 is 17.7 Å². The summed E-state index contributed by atoms with van der Waals surface area (Å²) in [6.07, 6.45) is -96.5. The first-order valence-corrected chi connectivity index (χ1v) is 37.9. The number of nitrogens with one attached hydrogen (secondary N) is 3. The van der Waals surface area contributed by atoms with Crippen LogP contribution in [0.3, 0.4) is 0 Å². The normalized spacial score (nSPS) is 51.1. The van der Waals surface area contributed by atoms with Gasteiger partial charge in [0.2, 0.25) is 17.7 Å². The number of rotatable bonds is 29. The molecule has 0 aromatic rings. The topological polar surface area (TPSA) is 809 Å². The van der Waals surface area contributed by atoms with Crippen molar-refractivity contribution in [2.24, 2.45) is 0 Å². The highest BCUT2D eigenvalue weighted by Gasteiger charge is 2.62. The summed E-state index contributed by atoms with van der Waals surface area (Å²) in [5.41, 5.74) is 0. The second-order valence-corrected chi connectivity index (χ2v) is 30.2. The molecule has 50 atom stereocenters. The zero-order valence-electron chi connectivity index (χ0n) is 63.6. The highest BCUT2D eigenvalue weighted by Crippen LogP contribution is 2.41. The Kier molecular flexibility index (Phi) is 34.3. The van der Waals surface area contributed by atoms with Crippen molar-refractivity contribution < 1.29 is 242 Å². The van der Waals surface area contributed by atoms with Crippen LogP contribution in [0.4, 0.5) is 0 Å². The van der Waals surface area contributed by atoms with Crippen LogP contribution in [-0.4, -0.2) is 515 Å². The van der Waals surface area contributed by atoms with Gasteiger partial charge in [0.15, 0.2) is 62.9 Å². The van der Waals surface area contributed by atoms with E-state index in [4.69, 9.17) is 90.0 Å². The van der Waals surface area contributed by atoms with Crippen LogP contribution < -0.4 is 16.0 Å². The molecule has 10 saturated heterocycles. The fourth-order valence-corrected chi connectivity index (χ4v) is 15.4. The lowest BCUT2D eigenvalue weighted by atomic mass is 9.93. The number of hydrogen-bond acceptors (Lipinski definition) is 49. The van der Waals surface area contributed by atoms with Crippen molar-refractivity contribution in [2.45, 2.75) is 341 Å². The number of carbonyl (C=O) groups excluding carboxylic acids is 3. The van der Waals surface area contributed by atoms with Gasteiger partial charge in [-0.25, -0.2) is 0 Å². The molecule has 0 aromatic heterocycles. The van der Waals surface area contributed by atoms with Gasteiger partial charge < -0.3 is 244 Å². The van der Waals surface area contributed by atoms with Gasteiger partial charge in [0.05, 0.1) is 65.1 Å². The van der Waals surface area contributed by atoms with Crippen molar-refractivity contribution in [1.82, 2.24) is 16.0 Å². The average Bonchev–Trinajstić information content (AvgIpc) is 0.762. The maximum absolute atomic E-state index is 13.5. The number of hydrogen-bond donors (Lipinski definition) is 30. The average molecular weight is 1730 g/mol. The molecule has 0 aromatic carbocycles. The van der Waals surface area contributed by atoms with E-state index >= 15 is 0 Å². The minimum absolute atomic E-state index is 0.897. The summed E-state index contributed by atoms with van der Waals surface area (Å²) in [5, 5.41) is 307. The Morgan fingerprint density at radius 1 is 0.237 bits per heavy atom. The van der Waals surface area contributed by atoms with Crippen LogP contribution in [0.5, 0.6) is 0 Å². The Labute approximate surface area is 668 Å². The highest BCUT2D eigenvalue weighted by atomic mass is 16.8. The van der Waals surface area contributed by atoms with Crippen molar-refractivity contribution in [2.75, 3.05) is 52.9 Å². The van der Waals surface area contributed by atoms with Crippen LogP contribution in [0.25, 0.3) is 0 Å². The molecule has 10 fully saturated rings. The van der Waals surface area contributed by atoms with Crippen LogP contribution in [0, 0.1) is 0 Å². The zero-order valence-corrected chi connectivity index (χ0v) is 63.6. The molecule has 118 heavy (non-hydrogen) atoms. The van der Waals surface area contributed by atoms with Crippen molar-refractivity contribution in [3.05, 3.63) is 0 Å². The molecule has 0 aliphatic carbocycles. The van der Waals surface area contributed by atoms with E-state index in [1.807, 2.05) is 0 Å². The summed E-state index contributed by atoms with van der Waals surface area (Å²) in [6.45, 7) is -3.74. The fourth-order valence-electron chi connectivity index (χ4n) is 15.4. The van der Waals surface area contributed by atoms with Gasteiger partial charge in [-0.3, -0.25) is 14.4 Å². The Morgan fingerprint density at radius 2 is 0.517 bits per heavy atom. The van der Waals surface area contributed by atoms with Crippen LogP contribution in [0.2, 0.25) is 0 Å². The van der Waals surface area contributed by atoms with Gasteiger partial charge in [0.1, 0.15) is 232 Å². The van der Waals surface area contributed by atoms with Crippen molar-refractivity contribution in [3.8, 4) is 0 Å². The molecule has 0 radical (unpaired) electrons. The summed E-state index contributed by atoms with van der Waals surface area (Å²) in [4.78, 5) is 40.0. The maximum atomic E-state index is 13.5. The van der Waals surface area contributed by atoms with Crippen LogP contribution in [0.1, 0.15) is 34.6 Å². The standard InChI is InChI=1S/C66H111N3O49/c1-14-30(80)39(89)45(95)61(101-14)117-55-41(91)32(82)19(6-70)107-65(55)112-49-25(12-76)109-58(27(38(49)88)67-16(3)77)100-13-26-37(87)54(116-60-29(69-18(5)79)52(35(85)22(9-73)105-60)114-66-56(42(92)33(83)20(7-71)108-66)118-62-46(96)40(90)31(81)15(2)102-62)48(98)64(110-26)113-51-28(68-17(4)78)59(104-21(8-72)34(51)84)115-53-36(86)23(10-74)106-63(47(53)97)111-50-24(11-75)103-57(99)44(94)43(50)93/h14-15,19-66,70-76,80-99H,6-13H2,1-5H3,(H,67,77)(H,68,78)(H,69,79)/t14-,15-,19+,20+,21+,22+,23+,24+,25+,26+,27+,28+,29+,30+,31+,32-,33-,34+,35+,36-,37-,38+,39+,40+,41-,42-,43+,44+,45-,46-,47+,48+,49+,50+,51+,52+,53-,54-,55+,56+,57+,58+,59-,60-,61-,62-,63-,64-,65-,66-/m0/s1. The summed E-state index contributed by atoms with van der Waals surface area (Å²) in [5.74, 6) is -3.02. The van der Waals surface area contributed by atoms with Crippen molar-refractivity contribution in [3.63, 3.8) is 0 Å². The zero-order chi connectivity index (χ0) is 86.8. The predicted molar refractivity (Wildman–Crippen MR) is 362 cm³/mol. The summed E-state index contributed by atoms with van der Waals surface area (Å²) >= 11 is 0. The Balaban J connectivity index is 0.993. The molecule has 10 aliphatic heterocycles. The third kappa shape index (κ3) is 20.8. The van der Waals surface area contributed by atoms with Gasteiger partial charge >= 0.3 is 0 Å². The molecule has 0 spiro atoms. The van der Waals surface area contributed by atoms with E-state index in [0.717, 1.165) is 20.8 Å². The lowest BCUT2D eigenvalue weighted by molar-refractivity contribution is -0.393. The molecule has 10 heterocycles. The molecule has 10 rings (SSSR count). The molecule has 52 nitrogen and oxygen atoms in total. The van der Waals surface area contributed by atoms with Crippen LogP contribution in [0.15, 0.2) is 0 Å². The van der Waals surface area contributed by atoms with E-state index in [2.05, 4.69) is 16.0 Å². The first-order chi connectivity index (χ1) is 55.8. The Morgan fingerprint density at radius 3 is 0.924 bits per heavy atom. The van der Waals surface area contributed by atoms with Gasteiger partial charge in [-0.2, -0.15) is 0 Å². The second-order valence-electron chi connectivity index (χ2n) is 30.2.